The number of phenols is 1. The fraction of sp³-hybridized carbons (Fsp3) is 0.441. The lowest BCUT2D eigenvalue weighted by atomic mass is 10.0. The first-order valence-corrected chi connectivity index (χ1v) is 30.2. The molecule has 0 fully saturated rings. The van der Waals surface area contributed by atoms with E-state index < -0.39 is 162 Å². The van der Waals surface area contributed by atoms with Crippen molar-refractivity contribution in [1.29, 1.82) is 0 Å². The summed E-state index contributed by atoms with van der Waals surface area (Å²) in [6.07, 6.45) is 0.551. The van der Waals surface area contributed by atoms with E-state index in [1.807, 2.05) is 0 Å². The summed E-state index contributed by atoms with van der Waals surface area (Å²) in [6.45, 7) is 3.04. The Morgan fingerprint density at radius 3 is 1.49 bits per heavy atom. The van der Waals surface area contributed by atoms with E-state index in [0.717, 1.165) is 0 Å². The predicted octanol–water partition coefficient (Wildman–Crippen LogP) is -3.32. The zero-order valence-electron chi connectivity index (χ0n) is 50.2. The van der Waals surface area contributed by atoms with Gasteiger partial charge in [-0.15, -0.1) is 0 Å². The molecule has 19 N–H and O–H groups in total. The van der Waals surface area contributed by atoms with Crippen LogP contribution in [0.1, 0.15) is 63.1 Å². The number of hydrogen-bond donors (Lipinski definition) is 19. The second-order valence-electron chi connectivity index (χ2n) is 21.4. The maximum atomic E-state index is 15.0. The predicted molar refractivity (Wildman–Crippen MR) is 337 cm³/mol. The molecule has 0 aliphatic heterocycles. The number of carbonyl (C=O) groups excluding carboxylic acids is 11. The third kappa shape index (κ3) is 24.9. The van der Waals surface area contributed by atoms with Crippen LogP contribution in [0.25, 0.3) is 10.9 Å². The fourth-order valence-corrected chi connectivity index (χ4v) is 9.46. The minimum Gasteiger partial charge on any atom is -0.508 e. The minimum absolute atomic E-state index is 0.0547. The number of rotatable bonds is 38. The van der Waals surface area contributed by atoms with Crippen molar-refractivity contribution >= 4 is 113 Å². The number of aliphatic carboxylic acids is 2. The Morgan fingerprint density at radius 1 is 0.495 bits per heavy atom. The zero-order chi connectivity index (χ0) is 67.3. The Hall–Kier alpha value is -9.27. The first-order valence-electron chi connectivity index (χ1n) is 29.0. The Kier molecular flexibility index (Phi) is 30.7. The van der Waals surface area contributed by atoms with Crippen LogP contribution in [0.3, 0.4) is 0 Å². The van der Waals surface area contributed by atoms with Crippen molar-refractivity contribution in [3.8, 4) is 5.75 Å². The minimum atomic E-state index is -1.85. The number of nitrogens with one attached hydrogen (secondary N) is 12. The summed E-state index contributed by atoms with van der Waals surface area (Å²) in [5, 5.41) is 57.1. The number of nitrogens with two attached hydrogens (primary N) is 2. The van der Waals surface area contributed by atoms with Crippen LogP contribution in [0.15, 0.2) is 85.1 Å². The van der Waals surface area contributed by atoms with Crippen molar-refractivity contribution in [2.45, 2.75) is 120 Å². The van der Waals surface area contributed by atoms with E-state index in [4.69, 9.17) is 11.5 Å². The van der Waals surface area contributed by atoms with Crippen LogP contribution in [-0.2, 0) is 81.6 Å². The van der Waals surface area contributed by atoms with Gasteiger partial charge in [0.15, 0.2) is 0 Å². The van der Waals surface area contributed by atoms with Gasteiger partial charge in [0, 0.05) is 47.9 Å². The lowest BCUT2D eigenvalue weighted by Gasteiger charge is -2.28. The van der Waals surface area contributed by atoms with Crippen LogP contribution in [0.4, 0.5) is 0 Å². The number of H-pyrrole nitrogens is 1. The number of phenolic OH excluding ortho intramolecular Hbond substituents is 1. The topological polar surface area (TPSA) is 483 Å². The summed E-state index contributed by atoms with van der Waals surface area (Å²) in [7, 11) is 0. The van der Waals surface area contributed by atoms with Gasteiger partial charge in [0.2, 0.25) is 65.0 Å². The van der Waals surface area contributed by atoms with Gasteiger partial charge in [-0.2, -0.15) is 25.3 Å². The lowest BCUT2D eigenvalue weighted by Crippen LogP contribution is -2.61. The van der Waals surface area contributed by atoms with Crippen molar-refractivity contribution < 1.29 is 77.6 Å². The van der Waals surface area contributed by atoms with Crippen LogP contribution in [0, 0.1) is 5.92 Å². The van der Waals surface area contributed by atoms with Gasteiger partial charge < -0.3 is 90.3 Å². The Morgan fingerprint density at radius 2 is 0.956 bits per heavy atom. The van der Waals surface area contributed by atoms with Gasteiger partial charge in [-0.3, -0.25) is 57.5 Å². The Bertz CT molecular complexity index is 3190. The maximum absolute atomic E-state index is 15.0. The van der Waals surface area contributed by atoms with Crippen LogP contribution >= 0.6 is 25.3 Å². The summed E-state index contributed by atoms with van der Waals surface area (Å²) < 4.78 is 0. The summed E-state index contributed by atoms with van der Waals surface area (Å²) in [6, 6.07) is 7.56. The van der Waals surface area contributed by atoms with E-state index >= 15 is 0 Å². The van der Waals surface area contributed by atoms with E-state index in [0.29, 0.717) is 34.0 Å². The number of aromatic hydroxyl groups is 1. The molecule has 3 aromatic carbocycles. The van der Waals surface area contributed by atoms with Crippen LogP contribution in [0.2, 0.25) is 0 Å². The number of para-hydroxylation sites is 1. The quantitative estimate of drug-likeness (QED) is 0.0154. The molecule has 0 aliphatic rings. The van der Waals surface area contributed by atoms with E-state index in [-0.39, 0.29) is 56.7 Å². The number of fused-ring (bicyclic) bond motifs is 1. The van der Waals surface area contributed by atoms with Crippen molar-refractivity contribution in [2.24, 2.45) is 17.4 Å². The molecule has 0 aliphatic carbocycles. The molecule has 9 atom stereocenters. The third-order valence-electron chi connectivity index (χ3n) is 14.0. The average molecular weight is 1310 g/mol. The molecule has 0 bridgehead atoms. The van der Waals surface area contributed by atoms with E-state index in [1.54, 1.807) is 74.6 Å². The normalized spacial score (nSPS) is 14.0. The highest BCUT2D eigenvalue weighted by molar-refractivity contribution is 7.80. The van der Waals surface area contributed by atoms with Gasteiger partial charge in [0.1, 0.15) is 60.1 Å². The van der Waals surface area contributed by atoms with Crippen LogP contribution in [-0.4, -0.2) is 189 Å². The molecule has 32 heteroatoms. The third-order valence-corrected chi connectivity index (χ3v) is 14.7. The molecule has 494 valence electrons. The molecular formula is C59H80N14O16S2. The number of aromatic amines is 1. The molecule has 0 unspecified atom stereocenters. The highest BCUT2D eigenvalue weighted by Gasteiger charge is 2.36. The molecule has 11 amide bonds. The highest BCUT2D eigenvalue weighted by Crippen LogP contribution is 2.20. The molecule has 0 saturated heterocycles. The highest BCUT2D eigenvalue weighted by atomic mass is 32.1. The molecule has 1 heterocycles. The number of benzene rings is 3. The maximum Gasteiger partial charge on any atom is 0.326 e. The molecule has 1 aromatic heterocycles. The van der Waals surface area contributed by atoms with Crippen molar-refractivity contribution in [3.63, 3.8) is 0 Å². The second kappa shape index (κ2) is 37.7. The summed E-state index contributed by atoms with van der Waals surface area (Å²) in [5.41, 5.74) is 13.2. The van der Waals surface area contributed by atoms with Crippen molar-refractivity contribution in [3.05, 3.63) is 102 Å². The average Bonchev–Trinajstić information content (AvgIpc) is 1.97. The number of carbonyl (C=O) groups is 13. The standard InChI is InChI=1S/C59H80N14O16S2/c1-31(2)50(59(88)89)73-58(87)45(30-91)72-54(83)41(22-34-16-18-36(74)19-17-34)68-52(81)39(15-9-10-20-60)66-55(84)42(23-35-26-62-38-14-8-7-13-37(35)38)70-53(82)40(21-33-11-5-4-6-12-33)69-57(86)44(29-90)71-56(85)43(24-49(78)79)67-51(80)32(3)65-48(77)28-64-47(76)27-63-46(75)25-61/h4-8,11-14,16-19,26,31-32,39-45,50,62,74,90-91H,9-10,15,20-25,27-30,60-61H2,1-3H3,(H,63,75)(H,64,76)(H,65,77)(H,66,84)(H,67,80)(H,68,81)(H,69,86)(H,70,82)(H,71,85)(H,72,83)(H,73,87)(H,78,79)(H,88,89)/t32-,39-,40-,41-,42-,43-,44-,45-,50-/m0/s1. The number of amides is 11. The number of thiol groups is 2. The molecular weight excluding hydrogens is 1220 g/mol. The van der Waals surface area contributed by atoms with Gasteiger partial charge in [0.05, 0.1) is 26.1 Å². The Balaban J connectivity index is 1.63. The van der Waals surface area contributed by atoms with E-state index in [9.17, 15) is 77.6 Å². The smallest absolute Gasteiger partial charge is 0.326 e. The van der Waals surface area contributed by atoms with Crippen molar-refractivity contribution in [2.75, 3.05) is 37.7 Å². The molecule has 4 aromatic rings. The number of aromatic nitrogens is 1. The number of carboxylic acids is 2. The number of unbranched alkanes of at least 4 members (excludes halogenated alkanes) is 1. The molecule has 0 spiro atoms. The van der Waals surface area contributed by atoms with Gasteiger partial charge in [-0.1, -0.05) is 74.5 Å². The van der Waals surface area contributed by atoms with Gasteiger partial charge in [-0.25, -0.2) is 4.79 Å². The zero-order valence-corrected chi connectivity index (χ0v) is 52.0. The summed E-state index contributed by atoms with van der Waals surface area (Å²) in [4.78, 5) is 176. The first kappa shape index (κ1) is 74.2. The Labute approximate surface area is 534 Å². The summed E-state index contributed by atoms with van der Waals surface area (Å²) >= 11 is 8.47. The summed E-state index contributed by atoms with van der Waals surface area (Å²) in [5.74, 6) is -14.3. The molecule has 0 saturated carbocycles. The van der Waals surface area contributed by atoms with Crippen LogP contribution < -0.4 is 70.0 Å². The monoisotopic (exact) mass is 1300 g/mol. The largest absolute Gasteiger partial charge is 0.508 e. The molecule has 30 nitrogen and oxygen atoms in total. The SMILES string of the molecule is CC(C)[C@H](NC(=O)[C@H](CS)NC(=O)[C@H](Cc1ccc(O)cc1)NC(=O)[C@H](CCCCN)NC(=O)[C@H](Cc1c[nH]c2ccccc12)NC(=O)[C@H](Cc1ccccc1)NC(=O)[C@H](CS)NC(=O)[C@H](CC(=O)O)NC(=O)[C@H](C)NC(=O)CNC(=O)CNC(=O)CN)C(=O)O. The van der Waals surface area contributed by atoms with Crippen molar-refractivity contribution in [1.82, 2.24) is 63.5 Å². The van der Waals surface area contributed by atoms with E-state index in [2.05, 4.69) is 88.7 Å². The molecule has 0 radical (unpaired) electrons. The lowest BCUT2D eigenvalue weighted by molar-refractivity contribution is -0.143. The van der Waals surface area contributed by atoms with Gasteiger partial charge in [-0.05, 0) is 73.5 Å². The number of hydrogen-bond acceptors (Lipinski definition) is 18. The van der Waals surface area contributed by atoms with Gasteiger partial charge >= 0.3 is 11.9 Å². The van der Waals surface area contributed by atoms with Crippen LogP contribution in [0.5, 0.6) is 5.75 Å². The molecule has 4 rings (SSSR count). The number of carboxylic acid groups (broad SMARTS) is 2. The fourth-order valence-electron chi connectivity index (χ4n) is 8.95. The second-order valence-corrected chi connectivity index (χ2v) is 22.1. The van der Waals surface area contributed by atoms with E-state index in [1.165, 1.54) is 31.2 Å². The first-order chi connectivity index (χ1) is 43.3. The van der Waals surface area contributed by atoms with Gasteiger partial charge in [0.25, 0.3) is 0 Å². The molecule has 91 heavy (non-hydrogen) atoms.